The number of carbonyl (C=O) groups is 1. The van der Waals surface area contributed by atoms with Crippen molar-refractivity contribution in [2.24, 2.45) is 5.92 Å². The van der Waals surface area contributed by atoms with E-state index in [0.717, 1.165) is 24.8 Å². The van der Waals surface area contributed by atoms with Crippen molar-refractivity contribution in [3.05, 3.63) is 66.7 Å². The molecule has 31 heavy (non-hydrogen) atoms. The first-order valence-corrected chi connectivity index (χ1v) is 10.3. The summed E-state index contributed by atoms with van der Waals surface area (Å²) in [6, 6.07) is 11.5. The van der Waals surface area contributed by atoms with Gasteiger partial charge in [0.05, 0.1) is 29.7 Å². The van der Waals surface area contributed by atoms with Crippen molar-refractivity contribution in [2.75, 3.05) is 6.54 Å². The van der Waals surface area contributed by atoms with Gasteiger partial charge in [0.25, 0.3) is 5.91 Å². The Morgan fingerprint density at radius 3 is 2.74 bits per heavy atom. The molecule has 9 heteroatoms. The highest BCUT2D eigenvalue weighted by atomic mass is 16.5. The van der Waals surface area contributed by atoms with Crippen LogP contribution in [0.1, 0.15) is 23.2 Å². The second kappa shape index (κ2) is 7.12. The van der Waals surface area contributed by atoms with Gasteiger partial charge in [-0.3, -0.25) is 4.79 Å². The zero-order valence-corrected chi connectivity index (χ0v) is 16.6. The summed E-state index contributed by atoms with van der Waals surface area (Å²) in [7, 11) is 0. The van der Waals surface area contributed by atoms with Crippen molar-refractivity contribution in [3.8, 4) is 11.7 Å². The van der Waals surface area contributed by atoms with Gasteiger partial charge in [-0.1, -0.05) is 12.1 Å². The third-order valence-corrected chi connectivity index (χ3v) is 6.04. The minimum Gasteiger partial charge on any atom is -0.458 e. The second-order valence-corrected chi connectivity index (χ2v) is 7.92. The van der Waals surface area contributed by atoms with Crippen LogP contribution in [0.5, 0.6) is 6.01 Å². The summed E-state index contributed by atoms with van der Waals surface area (Å²) in [4.78, 5) is 29.9. The molecule has 1 amide bonds. The number of aromatic nitrogens is 6. The molecule has 3 aromatic heterocycles. The number of fused-ring (bicyclic) bond motifs is 3. The van der Waals surface area contributed by atoms with Gasteiger partial charge in [-0.2, -0.15) is 20.0 Å². The normalized spacial score (nSPS) is 22.2. The van der Waals surface area contributed by atoms with E-state index in [4.69, 9.17) is 4.74 Å². The Bertz CT molecular complexity index is 1260. The fourth-order valence-electron chi connectivity index (χ4n) is 4.69. The molecular weight excluding hydrogens is 394 g/mol. The van der Waals surface area contributed by atoms with E-state index in [1.165, 1.54) is 4.80 Å². The Labute approximate surface area is 177 Å². The summed E-state index contributed by atoms with van der Waals surface area (Å²) in [5.41, 5.74) is 1.85. The van der Waals surface area contributed by atoms with E-state index in [9.17, 15) is 4.79 Å². The Balaban J connectivity index is 1.26. The van der Waals surface area contributed by atoms with Crippen molar-refractivity contribution in [1.29, 1.82) is 0 Å². The van der Waals surface area contributed by atoms with Crippen LogP contribution < -0.4 is 4.74 Å². The molecule has 0 N–H and O–H groups in total. The van der Waals surface area contributed by atoms with Gasteiger partial charge < -0.3 is 9.64 Å². The first kappa shape index (κ1) is 17.9. The number of amides is 1. The van der Waals surface area contributed by atoms with Gasteiger partial charge in [-0.05, 0) is 43.0 Å². The second-order valence-electron chi connectivity index (χ2n) is 7.92. The lowest BCUT2D eigenvalue weighted by Crippen LogP contribution is -2.47. The number of likely N-dealkylation sites (tertiary alicyclic amines) is 1. The van der Waals surface area contributed by atoms with Gasteiger partial charge in [-0.15, -0.1) is 0 Å². The smallest absolute Gasteiger partial charge is 0.318 e. The van der Waals surface area contributed by atoms with Crippen LogP contribution in [-0.4, -0.2) is 59.4 Å². The van der Waals surface area contributed by atoms with Crippen LogP contribution in [0.3, 0.4) is 0 Å². The van der Waals surface area contributed by atoms with Crippen LogP contribution in [0.2, 0.25) is 0 Å². The fraction of sp³-hybridized carbons (Fsp3) is 0.273. The number of hydrogen-bond donors (Lipinski definition) is 0. The lowest BCUT2D eigenvalue weighted by Gasteiger charge is -2.33. The molecule has 1 saturated heterocycles. The molecule has 2 bridgehead atoms. The van der Waals surface area contributed by atoms with Crippen LogP contribution in [0.25, 0.3) is 16.7 Å². The molecule has 4 aromatic rings. The van der Waals surface area contributed by atoms with Gasteiger partial charge >= 0.3 is 6.01 Å². The summed E-state index contributed by atoms with van der Waals surface area (Å²) in [6.07, 6.45) is 8.28. The van der Waals surface area contributed by atoms with E-state index < -0.39 is 0 Å². The molecule has 1 aliphatic carbocycles. The molecule has 1 aliphatic heterocycles. The minimum absolute atomic E-state index is 0.0147. The largest absolute Gasteiger partial charge is 0.458 e. The first-order valence-electron chi connectivity index (χ1n) is 10.3. The summed E-state index contributed by atoms with van der Waals surface area (Å²) >= 11 is 0. The van der Waals surface area contributed by atoms with Gasteiger partial charge in [0.15, 0.2) is 5.65 Å². The summed E-state index contributed by atoms with van der Waals surface area (Å²) in [5.74, 6) is 0.377. The average Bonchev–Trinajstić information content (AvgIpc) is 3.56. The average molecular weight is 413 g/mol. The molecule has 1 aromatic carbocycles. The topological polar surface area (TPSA) is 98.9 Å². The van der Waals surface area contributed by atoms with Crippen LogP contribution in [-0.2, 0) is 0 Å². The van der Waals surface area contributed by atoms with Crippen LogP contribution in [0.15, 0.2) is 61.2 Å². The molecule has 3 unspecified atom stereocenters. The number of ether oxygens (including phenoxy) is 1. The molecule has 154 valence electrons. The highest BCUT2D eigenvalue weighted by Gasteiger charge is 2.49. The maximum Gasteiger partial charge on any atom is 0.318 e. The van der Waals surface area contributed by atoms with Crippen molar-refractivity contribution in [3.63, 3.8) is 0 Å². The Kier molecular flexibility index (Phi) is 4.12. The molecule has 4 heterocycles. The van der Waals surface area contributed by atoms with Crippen molar-refractivity contribution in [2.45, 2.75) is 25.0 Å². The van der Waals surface area contributed by atoms with E-state index >= 15 is 0 Å². The van der Waals surface area contributed by atoms with E-state index in [2.05, 4.69) is 25.1 Å². The standard InChI is InChI=1S/C22H19N7O2/c30-21(16-5-1-2-6-17(16)29-25-8-9-26-29)28-13-14-10-18(28)19(11-14)31-22-24-12-15-4-3-7-23-20(15)27-22/h1-9,12,14,18-19H,10-11,13H2. The van der Waals surface area contributed by atoms with Gasteiger partial charge in [0.2, 0.25) is 0 Å². The van der Waals surface area contributed by atoms with Gasteiger partial charge in [0, 0.05) is 24.3 Å². The molecule has 2 aliphatic rings. The Morgan fingerprint density at radius 2 is 1.87 bits per heavy atom. The zero-order chi connectivity index (χ0) is 20.8. The first-order chi connectivity index (χ1) is 15.3. The summed E-state index contributed by atoms with van der Waals surface area (Å²) in [6.45, 7) is 0.727. The Morgan fingerprint density at radius 1 is 1.00 bits per heavy atom. The molecular formula is C22H19N7O2. The van der Waals surface area contributed by atoms with E-state index in [1.54, 1.807) is 24.8 Å². The predicted octanol–water partition coefficient (Wildman–Crippen LogP) is 2.29. The number of piperidine rings is 1. The quantitative estimate of drug-likeness (QED) is 0.506. The SMILES string of the molecule is O=C(c1ccccc1-n1nccn1)N1CC2CC(Oc3ncc4cccnc4n3)C1C2. The van der Waals surface area contributed by atoms with Crippen LogP contribution >= 0.6 is 0 Å². The third-order valence-electron chi connectivity index (χ3n) is 6.04. The minimum atomic E-state index is -0.140. The maximum atomic E-state index is 13.5. The van der Waals surface area contributed by atoms with Crippen LogP contribution in [0.4, 0.5) is 0 Å². The predicted molar refractivity (Wildman–Crippen MR) is 111 cm³/mol. The number of carbonyl (C=O) groups excluding carboxylic acids is 1. The third kappa shape index (κ3) is 3.09. The molecule has 1 saturated carbocycles. The highest BCUT2D eigenvalue weighted by Crippen LogP contribution is 2.40. The number of nitrogens with zero attached hydrogens (tertiary/aromatic N) is 7. The highest BCUT2D eigenvalue weighted by molar-refractivity contribution is 5.98. The fourth-order valence-corrected chi connectivity index (χ4v) is 4.69. The van der Waals surface area contributed by atoms with E-state index in [0.29, 0.717) is 28.8 Å². The Hall–Kier alpha value is -3.88. The monoisotopic (exact) mass is 413 g/mol. The molecule has 9 nitrogen and oxygen atoms in total. The van der Waals surface area contributed by atoms with E-state index in [-0.39, 0.29) is 18.1 Å². The number of pyridine rings is 1. The number of benzene rings is 1. The molecule has 0 radical (unpaired) electrons. The van der Waals surface area contributed by atoms with E-state index in [1.807, 2.05) is 41.3 Å². The lowest BCUT2D eigenvalue weighted by molar-refractivity contribution is 0.0453. The van der Waals surface area contributed by atoms with Gasteiger partial charge in [-0.25, -0.2) is 9.97 Å². The molecule has 0 spiro atoms. The lowest BCUT2D eigenvalue weighted by atomic mass is 10.1. The summed E-state index contributed by atoms with van der Waals surface area (Å²) < 4.78 is 6.15. The number of hydrogen-bond acceptors (Lipinski definition) is 7. The van der Waals surface area contributed by atoms with Gasteiger partial charge in [0.1, 0.15) is 6.10 Å². The molecule has 3 atom stereocenters. The van der Waals surface area contributed by atoms with Crippen molar-refractivity contribution < 1.29 is 9.53 Å². The molecule has 6 rings (SSSR count). The van der Waals surface area contributed by atoms with Crippen molar-refractivity contribution in [1.82, 2.24) is 34.8 Å². The maximum absolute atomic E-state index is 13.5. The molecule has 2 fully saturated rings. The van der Waals surface area contributed by atoms with Crippen molar-refractivity contribution >= 4 is 16.9 Å². The number of para-hydroxylation sites is 1. The zero-order valence-electron chi connectivity index (χ0n) is 16.6. The number of rotatable bonds is 4. The van der Waals surface area contributed by atoms with Crippen LogP contribution in [0, 0.1) is 5.92 Å². The summed E-state index contributed by atoms with van der Waals surface area (Å²) in [5, 5.41) is 9.24.